The van der Waals surface area contributed by atoms with Gasteiger partial charge in [0.05, 0.1) is 18.2 Å². The SMILES string of the molecule is COc1ccc2c(c1)c(-c1nc(-c3ccc(O)c(C)c3O)nc(-c3ccc(O)c(C)c3O)n1)cn2CC(C)C. The van der Waals surface area contributed by atoms with E-state index in [0.29, 0.717) is 28.6 Å². The zero-order chi connectivity index (χ0) is 28.0. The van der Waals surface area contributed by atoms with Gasteiger partial charge >= 0.3 is 0 Å². The van der Waals surface area contributed by atoms with Crippen molar-refractivity contribution >= 4 is 10.9 Å². The Labute approximate surface area is 225 Å². The summed E-state index contributed by atoms with van der Waals surface area (Å²) in [4.78, 5) is 14.1. The van der Waals surface area contributed by atoms with E-state index in [1.54, 1.807) is 21.0 Å². The summed E-state index contributed by atoms with van der Waals surface area (Å²) in [6.45, 7) is 8.24. The number of ether oxygens (including phenoxy) is 1. The fourth-order valence-electron chi connectivity index (χ4n) is 4.60. The lowest BCUT2D eigenvalue weighted by atomic mass is 10.1. The highest BCUT2D eigenvalue weighted by atomic mass is 16.5. The predicted molar refractivity (Wildman–Crippen MR) is 149 cm³/mol. The molecule has 200 valence electrons. The van der Waals surface area contributed by atoms with Gasteiger partial charge in [-0.05, 0) is 62.2 Å². The molecular weight excluding hydrogens is 496 g/mol. The van der Waals surface area contributed by atoms with Crippen LogP contribution >= 0.6 is 0 Å². The Kier molecular flexibility index (Phi) is 6.51. The van der Waals surface area contributed by atoms with Gasteiger partial charge in [0, 0.05) is 40.3 Å². The summed E-state index contributed by atoms with van der Waals surface area (Å²) in [7, 11) is 1.61. The molecule has 0 radical (unpaired) electrons. The molecule has 0 aliphatic rings. The van der Waals surface area contributed by atoms with Crippen LogP contribution in [0.15, 0.2) is 48.7 Å². The number of hydrogen-bond acceptors (Lipinski definition) is 8. The number of benzene rings is 3. The van der Waals surface area contributed by atoms with Crippen LogP contribution in [0.3, 0.4) is 0 Å². The molecule has 9 nitrogen and oxygen atoms in total. The molecule has 0 aliphatic heterocycles. The van der Waals surface area contributed by atoms with Crippen molar-refractivity contribution in [2.75, 3.05) is 7.11 Å². The van der Waals surface area contributed by atoms with Gasteiger partial charge in [0.25, 0.3) is 0 Å². The van der Waals surface area contributed by atoms with Gasteiger partial charge in [-0.15, -0.1) is 0 Å². The Morgan fingerprint density at radius 3 is 1.74 bits per heavy atom. The molecule has 0 aliphatic carbocycles. The lowest BCUT2D eigenvalue weighted by molar-refractivity contribution is 0.415. The van der Waals surface area contributed by atoms with Gasteiger partial charge in [0.15, 0.2) is 17.5 Å². The summed E-state index contributed by atoms with van der Waals surface area (Å²) in [6, 6.07) is 11.8. The van der Waals surface area contributed by atoms with Gasteiger partial charge in [0.1, 0.15) is 28.7 Å². The van der Waals surface area contributed by atoms with Crippen LogP contribution in [0.2, 0.25) is 0 Å². The molecule has 0 saturated carbocycles. The second-order valence-corrected chi connectivity index (χ2v) is 9.99. The van der Waals surface area contributed by atoms with Crippen LogP contribution in [-0.4, -0.2) is 47.1 Å². The third kappa shape index (κ3) is 4.56. The number of nitrogens with zero attached hydrogens (tertiary/aromatic N) is 4. The topological polar surface area (TPSA) is 134 Å². The predicted octanol–water partition coefficient (Wildman–Crippen LogP) is 5.93. The third-order valence-electron chi connectivity index (χ3n) is 6.81. The average molecular weight is 527 g/mol. The second-order valence-electron chi connectivity index (χ2n) is 9.99. The molecule has 0 unspecified atom stereocenters. The molecule has 0 bridgehead atoms. The van der Waals surface area contributed by atoms with Crippen molar-refractivity contribution < 1.29 is 25.2 Å². The number of hydrogen-bond donors (Lipinski definition) is 4. The van der Waals surface area contributed by atoms with Crippen molar-refractivity contribution in [3.05, 3.63) is 59.8 Å². The van der Waals surface area contributed by atoms with E-state index < -0.39 is 0 Å². The number of aromatic hydroxyl groups is 4. The van der Waals surface area contributed by atoms with Crippen LogP contribution in [0.4, 0.5) is 0 Å². The number of rotatable bonds is 6. The van der Waals surface area contributed by atoms with Gasteiger partial charge < -0.3 is 29.7 Å². The molecule has 5 aromatic rings. The summed E-state index contributed by atoms with van der Waals surface area (Å²) in [5, 5.41) is 42.8. The molecule has 0 fully saturated rings. The largest absolute Gasteiger partial charge is 0.508 e. The summed E-state index contributed by atoms with van der Waals surface area (Å²) < 4.78 is 7.64. The molecule has 5 rings (SSSR count). The van der Waals surface area contributed by atoms with E-state index >= 15 is 0 Å². The first-order chi connectivity index (χ1) is 18.6. The highest BCUT2D eigenvalue weighted by molar-refractivity contribution is 5.96. The van der Waals surface area contributed by atoms with Crippen molar-refractivity contribution in [3.63, 3.8) is 0 Å². The van der Waals surface area contributed by atoms with E-state index in [-0.39, 0.29) is 45.8 Å². The lowest BCUT2D eigenvalue weighted by Gasteiger charge is -2.12. The Balaban J connectivity index is 1.83. The van der Waals surface area contributed by atoms with E-state index in [1.807, 2.05) is 24.4 Å². The highest BCUT2D eigenvalue weighted by Crippen LogP contribution is 2.40. The maximum Gasteiger partial charge on any atom is 0.167 e. The Bertz CT molecular complexity index is 1650. The summed E-state index contributed by atoms with van der Waals surface area (Å²) >= 11 is 0. The zero-order valence-corrected chi connectivity index (χ0v) is 22.4. The van der Waals surface area contributed by atoms with Crippen LogP contribution in [0.5, 0.6) is 28.7 Å². The average Bonchev–Trinajstić information content (AvgIpc) is 3.27. The van der Waals surface area contributed by atoms with E-state index in [1.165, 1.54) is 24.3 Å². The Hall–Kier alpha value is -4.79. The first-order valence-corrected chi connectivity index (χ1v) is 12.6. The first-order valence-electron chi connectivity index (χ1n) is 12.6. The quantitative estimate of drug-likeness (QED) is 0.214. The van der Waals surface area contributed by atoms with Gasteiger partial charge in [-0.25, -0.2) is 15.0 Å². The molecule has 2 aromatic heterocycles. The van der Waals surface area contributed by atoms with Crippen molar-refractivity contribution in [1.82, 2.24) is 19.5 Å². The first kappa shape index (κ1) is 25.8. The third-order valence-corrected chi connectivity index (χ3v) is 6.81. The summed E-state index contributed by atoms with van der Waals surface area (Å²) in [6.07, 6.45) is 1.98. The fraction of sp³-hybridized carbons (Fsp3) is 0.233. The molecule has 9 heteroatoms. The normalized spacial score (nSPS) is 11.4. The Morgan fingerprint density at radius 2 is 1.26 bits per heavy atom. The second kappa shape index (κ2) is 9.83. The molecule has 0 saturated heterocycles. The summed E-state index contributed by atoms with van der Waals surface area (Å²) in [5.41, 5.74) is 2.88. The van der Waals surface area contributed by atoms with Crippen LogP contribution < -0.4 is 4.74 Å². The van der Waals surface area contributed by atoms with Crippen molar-refractivity contribution in [2.24, 2.45) is 5.92 Å². The minimum atomic E-state index is -0.159. The van der Waals surface area contributed by atoms with E-state index in [2.05, 4.69) is 23.4 Å². The molecule has 39 heavy (non-hydrogen) atoms. The number of phenolic OH excluding ortho intramolecular Hbond substituents is 4. The number of aromatic nitrogens is 4. The molecule has 2 heterocycles. The van der Waals surface area contributed by atoms with Crippen LogP contribution in [0, 0.1) is 19.8 Å². The molecule has 0 atom stereocenters. The van der Waals surface area contributed by atoms with Crippen molar-refractivity contribution in [1.29, 1.82) is 0 Å². The van der Waals surface area contributed by atoms with E-state index in [0.717, 1.165) is 23.0 Å². The molecular formula is C30H30N4O5. The Morgan fingerprint density at radius 1 is 0.744 bits per heavy atom. The van der Waals surface area contributed by atoms with Crippen molar-refractivity contribution in [3.8, 4) is 62.9 Å². The number of phenols is 4. The van der Waals surface area contributed by atoms with Crippen LogP contribution in [0.25, 0.3) is 45.1 Å². The summed E-state index contributed by atoms with van der Waals surface area (Å²) in [5.74, 6) is 1.28. The monoisotopic (exact) mass is 526 g/mol. The van der Waals surface area contributed by atoms with Crippen LogP contribution in [0.1, 0.15) is 25.0 Å². The minimum Gasteiger partial charge on any atom is -0.508 e. The number of fused-ring (bicyclic) bond motifs is 1. The van der Waals surface area contributed by atoms with Gasteiger partial charge in [-0.2, -0.15) is 0 Å². The highest BCUT2D eigenvalue weighted by Gasteiger charge is 2.22. The minimum absolute atomic E-state index is 0.0543. The molecule has 3 aromatic carbocycles. The smallest absolute Gasteiger partial charge is 0.167 e. The zero-order valence-electron chi connectivity index (χ0n) is 22.4. The fourth-order valence-corrected chi connectivity index (χ4v) is 4.60. The molecule has 0 spiro atoms. The van der Waals surface area contributed by atoms with Crippen LogP contribution in [-0.2, 0) is 6.54 Å². The maximum atomic E-state index is 10.9. The van der Waals surface area contributed by atoms with E-state index in [4.69, 9.17) is 14.7 Å². The van der Waals surface area contributed by atoms with Gasteiger partial charge in [-0.1, -0.05) is 13.8 Å². The van der Waals surface area contributed by atoms with Gasteiger partial charge in [-0.3, -0.25) is 0 Å². The molecule has 4 N–H and O–H groups in total. The van der Waals surface area contributed by atoms with Gasteiger partial charge in [0.2, 0.25) is 0 Å². The maximum absolute atomic E-state index is 10.9. The number of methoxy groups -OCH3 is 1. The molecule has 0 amide bonds. The lowest BCUT2D eigenvalue weighted by Crippen LogP contribution is -2.03. The van der Waals surface area contributed by atoms with E-state index in [9.17, 15) is 20.4 Å². The standard InChI is InChI=1S/C30H30N4O5/c1-15(2)13-34-14-22(21-12-18(39-5)6-9-23(21)34)30-32-28(19-7-10-24(35)16(3)26(19)37)31-29(33-30)20-8-11-25(36)17(4)27(20)38/h6-12,14-15,35-38H,13H2,1-5H3. The van der Waals surface area contributed by atoms with Crippen molar-refractivity contribution in [2.45, 2.75) is 34.2 Å².